The number of para-hydroxylation sites is 1. The van der Waals surface area contributed by atoms with Crippen LogP contribution in [0.4, 0.5) is 0 Å². The summed E-state index contributed by atoms with van der Waals surface area (Å²) in [7, 11) is 0. The van der Waals surface area contributed by atoms with Crippen molar-refractivity contribution in [3.8, 4) is 67.7 Å². The van der Waals surface area contributed by atoms with E-state index < -0.39 is 0 Å². The van der Waals surface area contributed by atoms with Gasteiger partial charge in [-0.05, 0) is 53.1 Å². The second-order valence-corrected chi connectivity index (χ2v) is 13.2. The van der Waals surface area contributed by atoms with Gasteiger partial charge in [-0.2, -0.15) is 0 Å². The van der Waals surface area contributed by atoms with Crippen LogP contribution in [-0.4, -0.2) is 29.9 Å². The van der Waals surface area contributed by atoms with Gasteiger partial charge >= 0.3 is 0 Å². The summed E-state index contributed by atoms with van der Waals surface area (Å²) in [5, 5.41) is 3.15. The molecular formula is C48H30N6. The molecule has 0 saturated carbocycles. The molecule has 0 unspecified atom stereocenters. The van der Waals surface area contributed by atoms with Crippen LogP contribution >= 0.6 is 0 Å². The van der Waals surface area contributed by atoms with E-state index in [0.29, 0.717) is 17.5 Å². The van der Waals surface area contributed by atoms with Gasteiger partial charge in [-0.3, -0.25) is 9.97 Å². The molecule has 252 valence electrons. The van der Waals surface area contributed by atoms with Crippen molar-refractivity contribution >= 4 is 32.7 Å². The van der Waals surface area contributed by atoms with Crippen LogP contribution in [0.15, 0.2) is 182 Å². The Hall–Kier alpha value is -7.44. The quantitative estimate of drug-likeness (QED) is 0.162. The molecule has 0 bridgehead atoms. The molecule has 0 aliphatic heterocycles. The molecule has 6 nitrogen and oxygen atoms in total. The maximum atomic E-state index is 5.24. The maximum absolute atomic E-state index is 5.24. The Morgan fingerprint density at radius 3 is 1.50 bits per heavy atom. The molecule has 0 atom stereocenters. The predicted molar refractivity (Wildman–Crippen MR) is 218 cm³/mol. The Labute approximate surface area is 311 Å². The van der Waals surface area contributed by atoms with E-state index in [1.54, 1.807) is 0 Å². The van der Waals surface area contributed by atoms with Gasteiger partial charge in [0.1, 0.15) is 0 Å². The highest BCUT2D eigenvalue weighted by molar-refractivity contribution is 6.03. The summed E-state index contributed by atoms with van der Waals surface area (Å²) in [6.07, 6.45) is 3.66. The molecule has 10 aromatic rings. The molecule has 0 fully saturated rings. The van der Waals surface area contributed by atoms with Gasteiger partial charge in [0.05, 0.1) is 22.2 Å². The molecule has 4 heterocycles. The normalized spacial score (nSPS) is 11.3. The minimum Gasteiger partial charge on any atom is -0.256 e. The van der Waals surface area contributed by atoms with Gasteiger partial charge in [-0.1, -0.05) is 133 Å². The number of rotatable bonds is 6. The van der Waals surface area contributed by atoms with Gasteiger partial charge in [0.25, 0.3) is 0 Å². The van der Waals surface area contributed by atoms with Gasteiger partial charge in [-0.15, -0.1) is 0 Å². The van der Waals surface area contributed by atoms with Crippen LogP contribution in [0.5, 0.6) is 0 Å². The van der Waals surface area contributed by atoms with Crippen molar-refractivity contribution in [1.82, 2.24) is 29.9 Å². The summed E-state index contributed by atoms with van der Waals surface area (Å²) < 4.78 is 0. The van der Waals surface area contributed by atoms with Crippen LogP contribution in [0, 0.1) is 0 Å². The maximum Gasteiger partial charge on any atom is 0.164 e. The molecule has 6 aromatic carbocycles. The molecule has 0 N–H and O–H groups in total. The average Bonchev–Trinajstić information content (AvgIpc) is 3.26. The third-order valence-corrected chi connectivity index (χ3v) is 9.78. The number of aromatic nitrogens is 6. The van der Waals surface area contributed by atoms with Crippen molar-refractivity contribution in [3.05, 3.63) is 182 Å². The summed E-state index contributed by atoms with van der Waals surface area (Å²) in [6.45, 7) is 0. The molecule has 0 amide bonds. The van der Waals surface area contributed by atoms with Crippen molar-refractivity contribution in [1.29, 1.82) is 0 Å². The molecule has 6 heteroatoms. The number of nitrogens with zero attached hydrogens (tertiary/aromatic N) is 6. The van der Waals surface area contributed by atoms with Gasteiger partial charge < -0.3 is 0 Å². The fraction of sp³-hybridized carbons (Fsp3) is 0. The Balaban J connectivity index is 1.19. The van der Waals surface area contributed by atoms with E-state index in [4.69, 9.17) is 29.9 Å². The van der Waals surface area contributed by atoms with Gasteiger partial charge in [0, 0.05) is 56.4 Å². The number of hydrogen-bond donors (Lipinski definition) is 0. The van der Waals surface area contributed by atoms with Gasteiger partial charge in [-0.25, -0.2) is 19.9 Å². The van der Waals surface area contributed by atoms with Crippen molar-refractivity contribution < 1.29 is 0 Å². The Bertz CT molecular complexity index is 2980. The van der Waals surface area contributed by atoms with E-state index in [1.165, 1.54) is 0 Å². The standard InChI is InChI=1S/C48H30N6/c1-3-10-31(11-4-1)32-18-22-37(23-19-32)47-52-46(36-12-5-2-6-13-36)53-48(54-47)40-29-38(41-17-7-14-33-15-8-26-49-43(33)41)28-39(30-40)42-25-24-35-21-20-34-16-9-27-50-44(34)45(35)51-42/h1-30H. The first-order valence-corrected chi connectivity index (χ1v) is 17.9. The lowest BCUT2D eigenvalue weighted by molar-refractivity contribution is 1.07. The summed E-state index contributed by atoms with van der Waals surface area (Å²) in [4.78, 5) is 30.0. The number of pyridine rings is 3. The zero-order chi connectivity index (χ0) is 35.8. The summed E-state index contributed by atoms with van der Waals surface area (Å²) in [5.74, 6) is 1.76. The molecular weight excluding hydrogens is 661 g/mol. The first kappa shape index (κ1) is 31.3. The van der Waals surface area contributed by atoms with Crippen LogP contribution in [0.3, 0.4) is 0 Å². The third-order valence-electron chi connectivity index (χ3n) is 9.78. The Morgan fingerprint density at radius 1 is 0.278 bits per heavy atom. The monoisotopic (exact) mass is 690 g/mol. The first-order valence-electron chi connectivity index (χ1n) is 17.9. The molecule has 54 heavy (non-hydrogen) atoms. The summed E-state index contributed by atoms with van der Waals surface area (Å²) in [5.41, 5.74) is 11.4. The predicted octanol–water partition coefficient (Wildman–Crippen LogP) is 11.5. The second kappa shape index (κ2) is 13.3. The number of hydrogen-bond acceptors (Lipinski definition) is 6. The molecule has 0 saturated heterocycles. The van der Waals surface area contributed by atoms with E-state index in [1.807, 2.05) is 60.9 Å². The van der Waals surface area contributed by atoms with Crippen LogP contribution < -0.4 is 0 Å². The van der Waals surface area contributed by atoms with Crippen LogP contribution in [-0.2, 0) is 0 Å². The number of benzene rings is 6. The smallest absolute Gasteiger partial charge is 0.164 e. The van der Waals surface area contributed by atoms with Gasteiger partial charge in [0.2, 0.25) is 0 Å². The summed E-state index contributed by atoms with van der Waals surface area (Å²) >= 11 is 0. The third kappa shape index (κ3) is 5.82. The highest BCUT2D eigenvalue weighted by Crippen LogP contribution is 2.36. The van der Waals surface area contributed by atoms with Crippen molar-refractivity contribution in [2.45, 2.75) is 0 Å². The highest BCUT2D eigenvalue weighted by Gasteiger charge is 2.17. The van der Waals surface area contributed by atoms with Crippen LogP contribution in [0.2, 0.25) is 0 Å². The Morgan fingerprint density at radius 2 is 0.778 bits per heavy atom. The van der Waals surface area contributed by atoms with E-state index in [2.05, 4.69) is 121 Å². The zero-order valence-electron chi connectivity index (χ0n) is 29.0. The largest absolute Gasteiger partial charge is 0.256 e. The fourth-order valence-electron chi connectivity index (χ4n) is 7.07. The van der Waals surface area contributed by atoms with Crippen molar-refractivity contribution in [3.63, 3.8) is 0 Å². The van der Waals surface area contributed by atoms with Crippen LogP contribution in [0.25, 0.3) is 100 Å². The minimum absolute atomic E-state index is 0.565. The number of fused-ring (bicyclic) bond motifs is 4. The molecule has 4 aromatic heterocycles. The van der Waals surface area contributed by atoms with E-state index >= 15 is 0 Å². The lowest BCUT2D eigenvalue weighted by atomic mass is 9.95. The van der Waals surface area contributed by atoms with Crippen molar-refractivity contribution in [2.24, 2.45) is 0 Å². The lowest BCUT2D eigenvalue weighted by Crippen LogP contribution is -2.01. The zero-order valence-corrected chi connectivity index (χ0v) is 29.0. The SMILES string of the molecule is c1ccc(-c2ccc(-c3nc(-c4ccccc4)nc(-c4cc(-c5ccc6ccc7cccnc7c6n5)cc(-c5cccc6cccnc56)c4)n3)cc2)cc1. The Kier molecular flexibility index (Phi) is 7.69. The molecule has 0 aliphatic carbocycles. The summed E-state index contributed by atoms with van der Waals surface area (Å²) in [6, 6.07) is 58.0. The van der Waals surface area contributed by atoms with E-state index in [9.17, 15) is 0 Å². The highest BCUT2D eigenvalue weighted by atomic mass is 15.0. The van der Waals surface area contributed by atoms with E-state index in [-0.39, 0.29) is 0 Å². The lowest BCUT2D eigenvalue weighted by Gasteiger charge is -2.13. The molecule has 0 radical (unpaired) electrons. The fourth-order valence-corrected chi connectivity index (χ4v) is 7.07. The molecule has 0 spiro atoms. The van der Waals surface area contributed by atoms with E-state index in [0.717, 1.165) is 82.9 Å². The van der Waals surface area contributed by atoms with Gasteiger partial charge in [0.15, 0.2) is 17.5 Å². The average molecular weight is 691 g/mol. The van der Waals surface area contributed by atoms with Crippen LogP contribution in [0.1, 0.15) is 0 Å². The second-order valence-electron chi connectivity index (χ2n) is 13.2. The topological polar surface area (TPSA) is 77.3 Å². The van der Waals surface area contributed by atoms with Crippen molar-refractivity contribution in [2.75, 3.05) is 0 Å². The minimum atomic E-state index is 0.565. The molecule has 10 rings (SSSR count). The first-order chi connectivity index (χ1) is 26.7. The molecule has 0 aliphatic rings.